The minimum atomic E-state index is -0.870. The van der Waals surface area contributed by atoms with E-state index in [1.807, 2.05) is 19.1 Å². The van der Waals surface area contributed by atoms with Crippen LogP contribution in [0.3, 0.4) is 0 Å². The Labute approximate surface area is 201 Å². The van der Waals surface area contributed by atoms with Crippen LogP contribution >= 0.6 is 0 Å². The molecule has 8 nitrogen and oxygen atoms in total. The van der Waals surface area contributed by atoms with Crippen LogP contribution in [0.4, 0.5) is 0 Å². The van der Waals surface area contributed by atoms with Crippen molar-refractivity contribution in [2.75, 3.05) is 26.3 Å². The van der Waals surface area contributed by atoms with E-state index in [-0.39, 0.29) is 5.84 Å². The Morgan fingerprint density at radius 3 is 2.21 bits per heavy atom. The number of benzene rings is 2. The molecule has 8 heteroatoms. The van der Waals surface area contributed by atoms with Crippen LogP contribution in [0.25, 0.3) is 11.1 Å². The SMILES string of the molecule is CCC[C@H](C(=O)O)[C@H](Cc1ccc(-c2ccc(C(C)N3CCOCC3)cc2)cc1)/C(N)=N/NN. The maximum Gasteiger partial charge on any atom is 0.307 e. The zero-order valence-electron chi connectivity index (χ0n) is 20.1. The lowest BCUT2D eigenvalue weighted by atomic mass is 9.83. The number of ether oxygens (including phenoxy) is 1. The van der Waals surface area contributed by atoms with Crippen LogP contribution in [0.1, 0.15) is 43.9 Å². The highest BCUT2D eigenvalue weighted by molar-refractivity contribution is 5.87. The number of nitrogens with zero attached hydrogens (tertiary/aromatic N) is 2. The Morgan fingerprint density at radius 1 is 1.09 bits per heavy atom. The van der Waals surface area contributed by atoms with Crippen LogP contribution in [0.5, 0.6) is 0 Å². The predicted molar refractivity (Wildman–Crippen MR) is 135 cm³/mol. The quantitative estimate of drug-likeness (QED) is 0.173. The molecule has 1 fully saturated rings. The summed E-state index contributed by atoms with van der Waals surface area (Å²) in [5.74, 6) is 3.56. The van der Waals surface area contributed by atoms with E-state index in [0.29, 0.717) is 18.9 Å². The number of nitrogens with two attached hydrogens (primary N) is 2. The van der Waals surface area contributed by atoms with Crippen molar-refractivity contribution in [1.29, 1.82) is 0 Å². The molecule has 184 valence electrons. The highest BCUT2D eigenvalue weighted by atomic mass is 16.5. The summed E-state index contributed by atoms with van der Waals surface area (Å²) >= 11 is 0. The third kappa shape index (κ3) is 6.56. The molecule has 0 amide bonds. The van der Waals surface area contributed by atoms with Gasteiger partial charge in [0.05, 0.1) is 19.1 Å². The van der Waals surface area contributed by atoms with Gasteiger partial charge in [0.1, 0.15) is 5.84 Å². The Balaban J connectivity index is 1.72. The van der Waals surface area contributed by atoms with Crippen molar-refractivity contribution in [3.8, 4) is 11.1 Å². The minimum Gasteiger partial charge on any atom is -0.481 e. The molecule has 1 saturated heterocycles. The first-order valence-corrected chi connectivity index (χ1v) is 12.0. The number of hydrazone groups is 1. The van der Waals surface area contributed by atoms with Crippen molar-refractivity contribution in [3.63, 3.8) is 0 Å². The molecule has 0 radical (unpaired) electrons. The molecule has 2 aromatic rings. The van der Waals surface area contributed by atoms with Crippen LogP contribution in [0.2, 0.25) is 0 Å². The number of morpholine rings is 1. The van der Waals surface area contributed by atoms with E-state index in [0.717, 1.165) is 49.4 Å². The number of rotatable bonds is 11. The summed E-state index contributed by atoms with van der Waals surface area (Å²) in [5, 5.41) is 13.6. The van der Waals surface area contributed by atoms with Gasteiger partial charge >= 0.3 is 5.97 Å². The Kier molecular flexibility index (Phi) is 9.44. The van der Waals surface area contributed by atoms with Crippen molar-refractivity contribution >= 4 is 11.8 Å². The molecule has 0 spiro atoms. The highest BCUT2D eigenvalue weighted by Gasteiger charge is 2.30. The minimum absolute atomic E-state index is 0.206. The number of hydrogen-bond donors (Lipinski definition) is 4. The fourth-order valence-electron chi connectivity index (χ4n) is 4.64. The Bertz CT molecular complexity index is 940. The van der Waals surface area contributed by atoms with Crippen molar-refractivity contribution in [3.05, 3.63) is 59.7 Å². The summed E-state index contributed by atoms with van der Waals surface area (Å²) in [6.45, 7) is 7.71. The monoisotopic (exact) mass is 467 g/mol. The van der Waals surface area contributed by atoms with Gasteiger partial charge in [-0.25, -0.2) is 11.4 Å². The third-order valence-electron chi connectivity index (χ3n) is 6.71. The molecular weight excluding hydrogens is 430 g/mol. The number of carboxylic acids is 1. The first-order chi connectivity index (χ1) is 16.4. The zero-order valence-corrected chi connectivity index (χ0v) is 20.1. The first-order valence-electron chi connectivity index (χ1n) is 12.0. The number of carbonyl (C=O) groups is 1. The molecule has 1 aliphatic rings. The number of hydrazine groups is 1. The van der Waals surface area contributed by atoms with Gasteiger partial charge in [0.2, 0.25) is 0 Å². The molecule has 1 aliphatic heterocycles. The van der Waals surface area contributed by atoms with Gasteiger partial charge in [-0.1, -0.05) is 61.9 Å². The van der Waals surface area contributed by atoms with E-state index in [9.17, 15) is 9.90 Å². The molecule has 34 heavy (non-hydrogen) atoms. The lowest BCUT2D eigenvalue weighted by molar-refractivity contribution is -0.143. The van der Waals surface area contributed by atoms with Crippen molar-refractivity contribution < 1.29 is 14.6 Å². The second kappa shape index (κ2) is 12.5. The van der Waals surface area contributed by atoms with Gasteiger partial charge in [-0.05, 0) is 42.0 Å². The van der Waals surface area contributed by atoms with Gasteiger partial charge in [0.25, 0.3) is 0 Å². The van der Waals surface area contributed by atoms with Crippen LogP contribution in [-0.2, 0) is 16.0 Å². The number of hydrogen-bond acceptors (Lipinski definition) is 6. The summed E-state index contributed by atoms with van der Waals surface area (Å²) in [6.07, 6.45) is 1.74. The molecule has 2 aromatic carbocycles. The summed E-state index contributed by atoms with van der Waals surface area (Å²) in [4.78, 5) is 14.3. The predicted octanol–water partition coefficient (Wildman–Crippen LogP) is 3.14. The maximum atomic E-state index is 11.9. The van der Waals surface area contributed by atoms with E-state index in [2.05, 4.69) is 58.9 Å². The number of nitrogens with one attached hydrogen (secondary N) is 1. The summed E-state index contributed by atoms with van der Waals surface area (Å²) in [7, 11) is 0. The Morgan fingerprint density at radius 2 is 1.68 bits per heavy atom. The van der Waals surface area contributed by atoms with Gasteiger partial charge in [-0.2, -0.15) is 5.10 Å². The molecule has 3 atom stereocenters. The molecule has 1 heterocycles. The second-order valence-corrected chi connectivity index (χ2v) is 8.85. The maximum absolute atomic E-state index is 11.9. The van der Waals surface area contributed by atoms with E-state index in [4.69, 9.17) is 16.3 Å². The molecule has 1 unspecified atom stereocenters. The van der Waals surface area contributed by atoms with Crippen molar-refractivity contribution in [2.24, 2.45) is 28.5 Å². The molecule has 6 N–H and O–H groups in total. The average Bonchev–Trinajstić information content (AvgIpc) is 2.86. The van der Waals surface area contributed by atoms with E-state index < -0.39 is 17.8 Å². The topological polar surface area (TPSA) is 126 Å². The normalized spacial score (nSPS) is 17.7. The molecule has 0 aliphatic carbocycles. The molecule has 0 aromatic heterocycles. The van der Waals surface area contributed by atoms with E-state index >= 15 is 0 Å². The highest BCUT2D eigenvalue weighted by Crippen LogP contribution is 2.27. The van der Waals surface area contributed by atoms with Crippen LogP contribution < -0.4 is 17.1 Å². The zero-order chi connectivity index (χ0) is 24.5. The summed E-state index contributed by atoms with van der Waals surface area (Å²) in [5.41, 5.74) is 12.8. The lowest BCUT2D eigenvalue weighted by Crippen LogP contribution is -2.38. The first kappa shape index (κ1) is 25.7. The fraction of sp³-hybridized carbons (Fsp3) is 0.462. The van der Waals surface area contributed by atoms with Crippen LogP contribution in [0, 0.1) is 11.8 Å². The number of carboxylic acid groups (broad SMARTS) is 1. The van der Waals surface area contributed by atoms with E-state index in [1.54, 1.807) is 0 Å². The standard InChI is InChI=1S/C26H37N5O3/c1-3-4-23(26(32)33)24(25(27)29-30-28)17-19-5-7-21(8-6-19)22-11-9-20(10-12-22)18(2)31-13-15-34-16-14-31/h5-12,18,23-24,30H,3-4,13-17,28H2,1-2H3,(H2,27,29)(H,32,33)/t18?,23-,24-/m0/s1. The Hall–Kier alpha value is -2.94. The van der Waals surface area contributed by atoms with Gasteiger partial charge in [-0.15, -0.1) is 0 Å². The summed E-state index contributed by atoms with van der Waals surface area (Å²) < 4.78 is 5.47. The van der Waals surface area contributed by atoms with E-state index in [1.165, 1.54) is 5.56 Å². The molecular formula is C26H37N5O3. The third-order valence-corrected chi connectivity index (χ3v) is 6.71. The van der Waals surface area contributed by atoms with Gasteiger partial charge in [0, 0.05) is 25.0 Å². The van der Waals surface area contributed by atoms with Gasteiger partial charge in [-0.3, -0.25) is 9.69 Å². The van der Waals surface area contributed by atoms with Crippen molar-refractivity contribution in [2.45, 2.75) is 39.2 Å². The summed E-state index contributed by atoms with van der Waals surface area (Å²) in [6, 6.07) is 17.2. The average molecular weight is 468 g/mol. The lowest BCUT2D eigenvalue weighted by Gasteiger charge is -2.32. The number of aliphatic carboxylic acids is 1. The van der Waals surface area contributed by atoms with Crippen LogP contribution in [0.15, 0.2) is 53.6 Å². The van der Waals surface area contributed by atoms with Crippen molar-refractivity contribution in [1.82, 2.24) is 10.4 Å². The van der Waals surface area contributed by atoms with Gasteiger partial charge in [0.15, 0.2) is 0 Å². The van der Waals surface area contributed by atoms with Gasteiger partial charge < -0.3 is 15.6 Å². The molecule has 0 saturated carbocycles. The largest absolute Gasteiger partial charge is 0.481 e. The van der Waals surface area contributed by atoms with Crippen LogP contribution in [-0.4, -0.2) is 48.1 Å². The smallest absolute Gasteiger partial charge is 0.307 e. The second-order valence-electron chi connectivity index (χ2n) is 8.85. The fourth-order valence-corrected chi connectivity index (χ4v) is 4.64. The molecule has 3 rings (SSSR count). The number of amidine groups is 1. The molecule has 0 bridgehead atoms.